The van der Waals surface area contributed by atoms with Gasteiger partial charge in [0.2, 0.25) is 0 Å². The third-order valence-electron chi connectivity index (χ3n) is 5.66. The van der Waals surface area contributed by atoms with Crippen molar-refractivity contribution in [3.05, 3.63) is 34.3 Å². The van der Waals surface area contributed by atoms with Gasteiger partial charge in [0, 0.05) is 11.1 Å². The van der Waals surface area contributed by atoms with Gasteiger partial charge in [-0.05, 0) is 80.5 Å². The van der Waals surface area contributed by atoms with Gasteiger partial charge < -0.3 is 5.32 Å². The van der Waals surface area contributed by atoms with E-state index in [-0.39, 0.29) is 0 Å². The van der Waals surface area contributed by atoms with E-state index in [1.54, 1.807) is 0 Å². The fourth-order valence-electron chi connectivity index (χ4n) is 4.45. The molecule has 2 aliphatic rings. The Bertz CT molecular complexity index is 484. The van der Waals surface area contributed by atoms with Gasteiger partial charge in [-0.3, -0.25) is 0 Å². The molecule has 0 saturated heterocycles. The monoisotopic (exact) mass is 305 g/mol. The molecule has 3 rings (SSSR count). The van der Waals surface area contributed by atoms with Gasteiger partial charge in [-0.15, -0.1) is 0 Å². The summed E-state index contributed by atoms with van der Waals surface area (Å²) in [6.45, 7) is 5.41. The lowest BCUT2D eigenvalue weighted by atomic mass is 9.82. The third-order valence-corrected chi connectivity index (χ3v) is 6.07. The van der Waals surface area contributed by atoms with Crippen molar-refractivity contribution in [1.82, 2.24) is 5.32 Å². The summed E-state index contributed by atoms with van der Waals surface area (Å²) in [5, 5.41) is 4.67. The Hall–Kier alpha value is -0.530. The van der Waals surface area contributed by atoms with Crippen molar-refractivity contribution in [2.45, 2.75) is 58.4 Å². The summed E-state index contributed by atoms with van der Waals surface area (Å²) in [5.41, 5.74) is 2.55. The lowest BCUT2D eigenvalue weighted by Gasteiger charge is -2.28. The third kappa shape index (κ3) is 3.46. The molecule has 2 heteroatoms. The molecule has 1 N–H and O–H groups in total. The standard InChI is InChI=1S/C19H28ClN/c1-3-8-21-19(16-6-4-13(2)18(20)11-16)12-17-10-14-5-7-15(17)9-14/h4,6,11,14-15,17,19,21H,3,5,7-10,12H2,1-2H3. The number of hydrogen-bond acceptors (Lipinski definition) is 1. The van der Waals surface area contributed by atoms with Crippen LogP contribution in [0.5, 0.6) is 0 Å². The number of nitrogens with one attached hydrogen (secondary N) is 1. The van der Waals surface area contributed by atoms with Gasteiger partial charge in [-0.2, -0.15) is 0 Å². The van der Waals surface area contributed by atoms with Crippen LogP contribution in [0.1, 0.15) is 62.6 Å². The highest BCUT2D eigenvalue weighted by atomic mass is 35.5. The minimum Gasteiger partial charge on any atom is -0.310 e. The molecule has 2 fully saturated rings. The van der Waals surface area contributed by atoms with Crippen LogP contribution in [-0.2, 0) is 0 Å². The molecule has 0 radical (unpaired) electrons. The maximum absolute atomic E-state index is 6.34. The molecule has 0 amide bonds. The summed E-state index contributed by atoms with van der Waals surface area (Å²) in [6, 6.07) is 7.09. The van der Waals surface area contributed by atoms with Crippen molar-refractivity contribution in [1.29, 1.82) is 0 Å². The van der Waals surface area contributed by atoms with Crippen LogP contribution in [0.2, 0.25) is 5.02 Å². The molecular weight excluding hydrogens is 278 g/mol. The summed E-state index contributed by atoms with van der Waals surface area (Å²) in [7, 11) is 0. The summed E-state index contributed by atoms with van der Waals surface area (Å²) < 4.78 is 0. The van der Waals surface area contributed by atoms with Gasteiger partial charge in [0.05, 0.1) is 0 Å². The van der Waals surface area contributed by atoms with E-state index in [4.69, 9.17) is 11.6 Å². The molecule has 2 aliphatic carbocycles. The quantitative estimate of drug-likeness (QED) is 0.730. The van der Waals surface area contributed by atoms with Gasteiger partial charge in [0.15, 0.2) is 0 Å². The van der Waals surface area contributed by atoms with E-state index in [0.717, 1.165) is 29.3 Å². The fourth-order valence-corrected chi connectivity index (χ4v) is 4.64. The molecule has 4 atom stereocenters. The molecule has 2 bridgehead atoms. The van der Waals surface area contributed by atoms with Crippen LogP contribution in [0.4, 0.5) is 0 Å². The Labute approximate surface area is 134 Å². The Kier molecular flexibility index (Phi) is 4.91. The lowest BCUT2D eigenvalue weighted by Crippen LogP contribution is -2.26. The smallest absolute Gasteiger partial charge is 0.0438 e. The van der Waals surface area contributed by atoms with Crippen molar-refractivity contribution in [3.63, 3.8) is 0 Å². The summed E-state index contributed by atoms with van der Waals surface area (Å²) in [4.78, 5) is 0. The first-order chi connectivity index (χ1) is 10.2. The molecule has 116 valence electrons. The van der Waals surface area contributed by atoms with Gasteiger partial charge in [0.25, 0.3) is 0 Å². The topological polar surface area (TPSA) is 12.0 Å². The van der Waals surface area contributed by atoms with Crippen LogP contribution in [0, 0.1) is 24.7 Å². The lowest BCUT2D eigenvalue weighted by molar-refractivity contribution is 0.279. The molecule has 0 aliphatic heterocycles. The molecule has 4 unspecified atom stereocenters. The molecule has 1 nitrogen and oxygen atoms in total. The van der Waals surface area contributed by atoms with Crippen molar-refractivity contribution >= 4 is 11.6 Å². The van der Waals surface area contributed by atoms with Crippen molar-refractivity contribution in [2.75, 3.05) is 6.54 Å². The highest BCUT2D eigenvalue weighted by Gasteiger charge is 2.40. The molecule has 1 aromatic carbocycles. The molecule has 2 saturated carbocycles. The number of halogens is 1. The largest absolute Gasteiger partial charge is 0.310 e. The summed E-state index contributed by atoms with van der Waals surface area (Å²) in [5.74, 6) is 2.97. The van der Waals surface area contributed by atoms with Crippen LogP contribution >= 0.6 is 11.6 Å². The second-order valence-electron chi connectivity index (χ2n) is 7.19. The van der Waals surface area contributed by atoms with E-state index >= 15 is 0 Å². The molecule has 0 aromatic heterocycles. The zero-order chi connectivity index (χ0) is 14.8. The average molecular weight is 306 g/mol. The van der Waals surface area contributed by atoms with Crippen LogP contribution in [0.15, 0.2) is 18.2 Å². The van der Waals surface area contributed by atoms with Crippen LogP contribution in [-0.4, -0.2) is 6.54 Å². The van der Waals surface area contributed by atoms with E-state index in [0.29, 0.717) is 6.04 Å². The number of aryl methyl sites for hydroxylation is 1. The normalized spacial score (nSPS) is 29.0. The van der Waals surface area contributed by atoms with Crippen LogP contribution in [0.25, 0.3) is 0 Å². The Morgan fingerprint density at radius 1 is 1.29 bits per heavy atom. The zero-order valence-corrected chi connectivity index (χ0v) is 14.1. The first-order valence-corrected chi connectivity index (χ1v) is 9.04. The van der Waals surface area contributed by atoms with E-state index in [1.165, 1.54) is 49.7 Å². The SMILES string of the molecule is CCCNC(CC1CC2CCC1C2)c1ccc(C)c(Cl)c1. The first kappa shape index (κ1) is 15.4. The minimum absolute atomic E-state index is 0.479. The first-order valence-electron chi connectivity index (χ1n) is 8.66. The molecular formula is C19H28ClN. The number of fused-ring (bicyclic) bond motifs is 2. The highest BCUT2D eigenvalue weighted by molar-refractivity contribution is 6.31. The van der Waals surface area contributed by atoms with E-state index in [1.807, 2.05) is 0 Å². The molecule has 1 aromatic rings. The number of rotatable bonds is 6. The average Bonchev–Trinajstić information content (AvgIpc) is 3.09. The second kappa shape index (κ2) is 6.71. The molecule has 21 heavy (non-hydrogen) atoms. The summed E-state index contributed by atoms with van der Waals surface area (Å²) in [6.07, 6.45) is 8.41. The van der Waals surface area contributed by atoms with Crippen LogP contribution < -0.4 is 5.32 Å². The van der Waals surface area contributed by atoms with E-state index in [2.05, 4.69) is 37.4 Å². The van der Waals surface area contributed by atoms with Crippen molar-refractivity contribution in [3.8, 4) is 0 Å². The Morgan fingerprint density at radius 2 is 2.14 bits per heavy atom. The predicted molar refractivity (Wildman–Crippen MR) is 90.8 cm³/mol. The van der Waals surface area contributed by atoms with Gasteiger partial charge in [0.1, 0.15) is 0 Å². The fraction of sp³-hybridized carbons (Fsp3) is 0.684. The number of hydrogen-bond donors (Lipinski definition) is 1. The van der Waals surface area contributed by atoms with Crippen molar-refractivity contribution in [2.24, 2.45) is 17.8 Å². The Balaban J connectivity index is 1.72. The highest BCUT2D eigenvalue weighted by Crippen LogP contribution is 2.51. The zero-order valence-electron chi connectivity index (χ0n) is 13.4. The van der Waals surface area contributed by atoms with Gasteiger partial charge in [-0.25, -0.2) is 0 Å². The predicted octanol–water partition coefficient (Wildman–Crippen LogP) is 5.52. The van der Waals surface area contributed by atoms with E-state index < -0.39 is 0 Å². The summed E-state index contributed by atoms with van der Waals surface area (Å²) >= 11 is 6.34. The van der Waals surface area contributed by atoms with E-state index in [9.17, 15) is 0 Å². The second-order valence-corrected chi connectivity index (χ2v) is 7.59. The molecule has 0 spiro atoms. The maximum Gasteiger partial charge on any atom is 0.0438 e. The van der Waals surface area contributed by atoms with Gasteiger partial charge >= 0.3 is 0 Å². The van der Waals surface area contributed by atoms with Crippen LogP contribution in [0.3, 0.4) is 0 Å². The maximum atomic E-state index is 6.34. The Morgan fingerprint density at radius 3 is 2.76 bits per heavy atom. The van der Waals surface area contributed by atoms with Gasteiger partial charge in [-0.1, -0.05) is 37.1 Å². The minimum atomic E-state index is 0.479. The number of benzene rings is 1. The molecule has 0 heterocycles. The van der Waals surface area contributed by atoms with Crippen molar-refractivity contribution < 1.29 is 0 Å².